The lowest BCUT2D eigenvalue weighted by atomic mass is 10.2. The number of hydrogen-bond donors (Lipinski definition) is 1. The molecule has 1 N–H and O–H groups in total. The minimum Gasteiger partial charge on any atom is -0.507 e. The largest absolute Gasteiger partial charge is 0.507 e. The van der Waals surface area contributed by atoms with E-state index in [-0.39, 0.29) is 11.3 Å². The Morgan fingerprint density at radius 2 is 1.68 bits per heavy atom. The second-order valence-electron chi connectivity index (χ2n) is 3.79. The van der Waals surface area contributed by atoms with Gasteiger partial charge in [0.25, 0.3) is 0 Å². The summed E-state index contributed by atoms with van der Waals surface area (Å²) in [5.74, 6) is 0.0954. The quantitative estimate of drug-likeness (QED) is 0.676. The fraction of sp³-hybridized carbons (Fsp3) is 0.133. The molecule has 0 bridgehead atoms. The predicted molar refractivity (Wildman–Crippen MR) is 70.7 cm³/mol. The molecule has 2 aromatic carbocycles. The smallest absolute Gasteiger partial charge is 0.347 e. The van der Waals surface area contributed by atoms with Gasteiger partial charge in [-0.25, -0.2) is 4.79 Å². The molecule has 2 rings (SSSR count). The van der Waals surface area contributed by atoms with Gasteiger partial charge in [0, 0.05) is 0 Å². The Kier molecular flexibility index (Phi) is 4.03. The number of phenolic OH excluding ortho intramolecular Hbond substituents is 1. The number of carbonyl (C=O) groups is 1. The highest BCUT2D eigenvalue weighted by Crippen LogP contribution is 2.28. The summed E-state index contributed by atoms with van der Waals surface area (Å²) in [5.41, 5.74) is 0.119. The van der Waals surface area contributed by atoms with Crippen molar-refractivity contribution in [3.8, 4) is 17.2 Å². The van der Waals surface area contributed by atoms with Crippen molar-refractivity contribution in [1.29, 1.82) is 0 Å². The number of esters is 1. The molecule has 0 saturated carbocycles. The van der Waals surface area contributed by atoms with Crippen LogP contribution in [-0.2, 0) is 0 Å². The van der Waals surface area contributed by atoms with Crippen molar-refractivity contribution in [1.82, 2.24) is 0 Å². The number of benzene rings is 2. The molecule has 0 fully saturated rings. The zero-order valence-electron chi connectivity index (χ0n) is 10.5. The van der Waals surface area contributed by atoms with Gasteiger partial charge in [-0.1, -0.05) is 24.3 Å². The number of phenols is 1. The fourth-order valence-electron chi connectivity index (χ4n) is 1.61. The van der Waals surface area contributed by atoms with Gasteiger partial charge in [0.15, 0.2) is 11.5 Å². The monoisotopic (exact) mass is 258 g/mol. The van der Waals surface area contributed by atoms with Crippen LogP contribution in [0, 0.1) is 0 Å². The lowest BCUT2D eigenvalue weighted by Crippen LogP contribution is -2.09. The number of carbonyl (C=O) groups excluding carboxylic acids is 1. The zero-order chi connectivity index (χ0) is 13.7. The summed E-state index contributed by atoms with van der Waals surface area (Å²) in [5, 5.41) is 9.60. The SMILES string of the molecule is CCOc1ccccc1OC(=O)c1ccccc1O. The van der Waals surface area contributed by atoms with Crippen LogP contribution in [0.3, 0.4) is 0 Å². The summed E-state index contributed by atoms with van der Waals surface area (Å²) in [6, 6.07) is 13.1. The summed E-state index contributed by atoms with van der Waals surface area (Å²) in [6.07, 6.45) is 0. The first kappa shape index (κ1) is 13.0. The number of aromatic hydroxyl groups is 1. The van der Waals surface area contributed by atoms with Crippen LogP contribution in [-0.4, -0.2) is 17.7 Å². The Morgan fingerprint density at radius 1 is 1.05 bits per heavy atom. The van der Waals surface area contributed by atoms with E-state index in [4.69, 9.17) is 9.47 Å². The van der Waals surface area contributed by atoms with Gasteiger partial charge < -0.3 is 14.6 Å². The third-order valence-corrected chi connectivity index (χ3v) is 2.48. The summed E-state index contributed by atoms with van der Waals surface area (Å²) >= 11 is 0. The molecular formula is C15H14O4. The van der Waals surface area contributed by atoms with Crippen LogP contribution in [0.4, 0.5) is 0 Å². The molecule has 4 heteroatoms. The minimum atomic E-state index is -0.620. The normalized spacial score (nSPS) is 9.95. The van der Waals surface area contributed by atoms with Gasteiger partial charge in [-0.15, -0.1) is 0 Å². The highest BCUT2D eigenvalue weighted by atomic mass is 16.6. The first-order valence-electron chi connectivity index (χ1n) is 5.94. The van der Waals surface area contributed by atoms with Crippen molar-refractivity contribution in [2.24, 2.45) is 0 Å². The Hall–Kier alpha value is -2.49. The molecule has 0 atom stereocenters. The summed E-state index contributed by atoms with van der Waals surface area (Å²) in [6.45, 7) is 2.33. The van der Waals surface area contributed by atoms with Gasteiger partial charge in [-0.05, 0) is 31.2 Å². The van der Waals surface area contributed by atoms with Crippen LogP contribution in [0.1, 0.15) is 17.3 Å². The van der Waals surface area contributed by atoms with Crippen LogP contribution in [0.2, 0.25) is 0 Å². The molecular weight excluding hydrogens is 244 g/mol. The van der Waals surface area contributed by atoms with Crippen LogP contribution >= 0.6 is 0 Å². The lowest BCUT2D eigenvalue weighted by Gasteiger charge is -2.10. The van der Waals surface area contributed by atoms with Crippen LogP contribution in [0.25, 0.3) is 0 Å². The zero-order valence-corrected chi connectivity index (χ0v) is 10.5. The molecule has 98 valence electrons. The molecule has 4 nitrogen and oxygen atoms in total. The molecule has 2 aromatic rings. The molecule has 0 heterocycles. The second kappa shape index (κ2) is 5.91. The molecule has 0 aliphatic carbocycles. The van der Waals surface area contributed by atoms with Crippen molar-refractivity contribution in [2.45, 2.75) is 6.92 Å². The van der Waals surface area contributed by atoms with E-state index in [1.54, 1.807) is 36.4 Å². The van der Waals surface area contributed by atoms with Crippen molar-refractivity contribution < 1.29 is 19.4 Å². The Balaban J connectivity index is 2.22. The van der Waals surface area contributed by atoms with E-state index < -0.39 is 5.97 Å². The van der Waals surface area contributed by atoms with E-state index in [0.29, 0.717) is 18.1 Å². The fourth-order valence-corrected chi connectivity index (χ4v) is 1.61. The molecule has 0 spiro atoms. The summed E-state index contributed by atoms with van der Waals surface area (Å²) in [7, 11) is 0. The maximum atomic E-state index is 12.0. The molecule has 0 saturated heterocycles. The van der Waals surface area contributed by atoms with Gasteiger partial charge in [-0.3, -0.25) is 0 Å². The first-order chi connectivity index (χ1) is 9.22. The molecule has 0 unspecified atom stereocenters. The van der Waals surface area contributed by atoms with E-state index in [1.807, 2.05) is 6.92 Å². The highest BCUT2D eigenvalue weighted by Gasteiger charge is 2.15. The molecule has 0 radical (unpaired) electrons. The van der Waals surface area contributed by atoms with E-state index in [0.717, 1.165) is 0 Å². The number of ether oxygens (including phenoxy) is 2. The number of rotatable bonds is 4. The minimum absolute atomic E-state index is 0.110. The Morgan fingerprint density at radius 3 is 2.37 bits per heavy atom. The van der Waals surface area contributed by atoms with Crippen LogP contribution in [0.15, 0.2) is 48.5 Å². The van der Waals surface area contributed by atoms with Gasteiger partial charge in [-0.2, -0.15) is 0 Å². The summed E-state index contributed by atoms with van der Waals surface area (Å²) in [4.78, 5) is 12.0. The molecule has 0 aromatic heterocycles. The van der Waals surface area contributed by atoms with E-state index in [2.05, 4.69) is 0 Å². The van der Waals surface area contributed by atoms with Crippen molar-refractivity contribution in [3.63, 3.8) is 0 Å². The van der Waals surface area contributed by atoms with Gasteiger partial charge in [0.2, 0.25) is 0 Å². The van der Waals surface area contributed by atoms with Crippen LogP contribution in [0.5, 0.6) is 17.2 Å². The topological polar surface area (TPSA) is 55.8 Å². The lowest BCUT2D eigenvalue weighted by molar-refractivity contribution is 0.0725. The average molecular weight is 258 g/mol. The van der Waals surface area contributed by atoms with E-state index >= 15 is 0 Å². The van der Waals surface area contributed by atoms with Crippen molar-refractivity contribution in [2.75, 3.05) is 6.61 Å². The van der Waals surface area contributed by atoms with Crippen molar-refractivity contribution in [3.05, 3.63) is 54.1 Å². The molecule has 0 aliphatic heterocycles. The number of para-hydroxylation sites is 3. The predicted octanol–water partition coefficient (Wildman–Crippen LogP) is 3.01. The molecule has 0 amide bonds. The van der Waals surface area contributed by atoms with Gasteiger partial charge in [0.05, 0.1) is 6.61 Å². The third-order valence-electron chi connectivity index (χ3n) is 2.48. The van der Waals surface area contributed by atoms with E-state index in [9.17, 15) is 9.90 Å². The Labute approximate surface area is 111 Å². The molecule has 0 aliphatic rings. The maximum absolute atomic E-state index is 12.0. The molecule has 19 heavy (non-hydrogen) atoms. The highest BCUT2D eigenvalue weighted by molar-refractivity contribution is 5.94. The van der Waals surface area contributed by atoms with Gasteiger partial charge in [0.1, 0.15) is 11.3 Å². The Bertz CT molecular complexity index is 578. The number of hydrogen-bond acceptors (Lipinski definition) is 4. The summed E-state index contributed by atoms with van der Waals surface area (Å²) < 4.78 is 10.6. The second-order valence-corrected chi connectivity index (χ2v) is 3.79. The first-order valence-corrected chi connectivity index (χ1v) is 5.94. The third kappa shape index (κ3) is 3.04. The van der Waals surface area contributed by atoms with Crippen molar-refractivity contribution >= 4 is 5.97 Å². The van der Waals surface area contributed by atoms with Crippen LogP contribution < -0.4 is 9.47 Å². The van der Waals surface area contributed by atoms with Gasteiger partial charge >= 0.3 is 5.97 Å². The standard InChI is InChI=1S/C15H14O4/c1-2-18-13-9-5-6-10-14(13)19-15(17)11-7-3-4-8-12(11)16/h3-10,16H,2H2,1H3. The average Bonchev–Trinajstić information content (AvgIpc) is 2.41. The van der Waals surface area contributed by atoms with E-state index in [1.165, 1.54) is 12.1 Å². The maximum Gasteiger partial charge on any atom is 0.347 e.